The van der Waals surface area contributed by atoms with Crippen molar-refractivity contribution in [3.63, 3.8) is 0 Å². The Hall–Kier alpha value is -6.14. The molecule has 0 spiro atoms. The van der Waals surface area contributed by atoms with Crippen molar-refractivity contribution in [2.45, 2.75) is 26.2 Å². The molecule has 6 nitrogen and oxygen atoms in total. The molecule has 0 fully saturated rings. The second-order valence-electron chi connectivity index (χ2n) is 12.7. The van der Waals surface area contributed by atoms with Crippen LogP contribution in [-0.4, -0.2) is 24.5 Å². The molecule has 9 rings (SSSR count). The van der Waals surface area contributed by atoms with Gasteiger partial charge in [-0.25, -0.2) is 4.98 Å². The van der Waals surface area contributed by atoms with Crippen LogP contribution in [0, 0.1) is 0 Å². The molecule has 0 saturated carbocycles. The summed E-state index contributed by atoms with van der Waals surface area (Å²) in [6.45, 7) is 6.61. The predicted octanol–water partition coefficient (Wildman–Crippen LogP) is 8.27. The van der Waals surface area contributed by atoms with Gasteiger partial charge in [-0.2, -0.15) is 9.97 Å². The van der Waals surface area contributed by atoms with Crippen LogP contribution >= 0.6 is 0 Å². The first-order valence-corrected chi connectivity index (χ1v) is 16.2. The van der Waals surface area contributed by atoms with E-state index >= 15 is 0 Å². The molecule has 230 valence electrons. The summed E-state index contributed by atoms with van der Waals surface area (Å²) >= 11 is 0. The number of benzene rings is 4. The molecule has 4 aromatic heterocycles. The zero-order valence-electron chi connectivity index (χ0n) is 26.8. The van der Waals surface area contributed by atoms with Crippen molar-refractivity contribution in [1.82, 2.24) is 24.5 Å². The number of pyridine rings is 1. The van der Waals surface area contributed by atoms with E-state index in [9.17, 15) is 0 Å². The van der Waals surface area contributed by atoms with E-state index in [0.29, 0.717) is 23.0 Å². The van der Waals surface area contributed by atoms with Gasteiger partial charge < -0.3 is 4.42 Å². The van der Waals surface area contributed by atoms with Gasteiger partial charge in [0.2, 0.25) is 5.95 Å². The van der Waals surface area contributed by atoms with Gasteiger partial charge in [-0.05, 0) is 65.6 Å². The van der Waals surface area contributed by atoms with Crippen LogP contribution in [0.25, 0.3) is 73.4 Å². The maximum absolute atomic E-state index is 6.24. The van der Waals surface area contributed by atoms with Gasteiger partial charge in [0.05, 0.1) is 11.0 Å². The molecule has 48 heavy (non-hydrogen) atoms. The third-order valence-corrected chi connectivity index (χ3v) is 9.52. The molecule has 0 bridgehead atoms. The summed E-state index contributed by atoms with van der Waals surface area (Å²) in [5.41, 5.74) is 9.56. The summed E-state index contributed by atoms with van der Waals surface area (Å²) in [6, 6.07) is 33.9. The van der Waals surface area contributed by atoms with E-state index in [2.05, 4.69) is 84.1 Å². The van der Waals surface area contributed by atoms with Crippen molar-refractivity contribution in [3.8, 4) is 28.5 Å². The van der Waals surface area contributed by atoms with Crippen LogP contribution in [0.5, 0.6) is 0 Å². The van der Waals surface area contributed by atoms with Gasteiger partial charge in [0.1, 0.15) is 11.0 Å². The fourth-order valence-electron chi connectivity index (χ4n) is 7.20. The second-order valence-corrected chi connectivity index (χ2v) is 12.7. The molecule has 0 aliphatic heterocycles. The Morgan fingerprint density at radius 3 is 2.42 bits per heavy atom. The number of para-hydroxylation sites is 1. The summed E-state index contributed by atoms with van der Waals surface area (Å²) in [7, 11) is 0. The minimum Gasteiger partial charge on any atom is -0.456 e. The number of nitrogens with zero attached hydrogens (tertiary/aromatic N) is 5. The topological polar surface area (TPSA) is 69.6 Å². The molecule has 4 heterocycles. The van der Waals surface area contributed by atoms with Crippen LogP contribution in [0.4, 0.5) is 0 Å². The van der Waals surface area contributed by atoms with Crippen LogP contribution in [0.1, 0.15) is 37.7 Å². The average molecular weight is 622 g/mol. The molecule has 0 radical (unpaired) electrons. The number of rotatable bonds is 4. The summed E-state index contributed by atoms with van der Waals surface area (Å²) in [5.74, 6) is 1.68. The molecule has 4 aromatic carbocycles. The molecular weight excluding hydrogens is 590 g/mol. The van der Waals surface area contributed by atoms with Crippen molar-refractivity contribution in [2.24, 2.45) is 0 Å². The van der Waals surface area contributed by atoms with Crippen LogP contribution < -0.4 is 10.6 Å². The lowest BCUT2D eigenvalue weighted by atomic mass is 9.82. The maximum Gasteiger partial charge on any atom is 0.238 e. The molecular formula is C42H31N5O. The Balaban J connectivity index is 1.36. The van der Waals surface area contributed by atoms with Crippen molar-refractivity contribution < 1.29 is 4.42 Å². The Bertz CT molecular complexity index is 2720. The highest BCUT2D eigenvalue weighted by Crippen LogP contribution is 2.50. The standard InChI is InChI=1S/C42H31N5O/c1-4-5-19-37-31(32-25-43-21-20-38(32)48-37)23-39-44-40(26-13-7-6-8-14-26)46-41(45-39)47-35-18-12-10-16-28(35)30-22-29-27-15-9-11-17-33(27)42(2,3)34(29)24-36(30)47/h4-25H,1-3H3/b5-4-,31-23?,37-19+. The summed E-state index contributed by atoms with van der Waals surface area (Å²) in [5, 5.41) is 4.08. The summed E-state index contributed by atoms with van der Waals surface area (Å²) < 4.78 is 8.43. The molecule has 6 heteroatoms. The third kappa shape index (κ3) is 4.26. The van der Waals surface area contributed by atoms with Crippen molar-refractivity contribution in [3.05, 3.63) is 149 Å². The van der Waals surface area contributed by atoms with Crippen LogP contribution in [0.2, 0.25) is 0 Å². The monoisotopic (exact) mass is 621 g/mol. The quantitative estimate of drug-likeness (QED) is 0.198. The number of allylic oxidation sites excluding steroid dienone is 2. The number of fused-ring (bicyclic) bond motifs is 7. The zero-order valence-corrected chi connectivity index (χ0v) is 26.8. The lowest BCUT2D eigenvalue weighted by Crippen LogP contribution is -2.21. The minimum absolute atomic E-state index is 0.148. The van der Waals surface area contributed by atoms with Gasteiger partial charge in [-0.1, -0.05) is 98.8 Å². The minimum atomic E-state index is -0.148. The van der Waals surface area contributed by atoms with Crippen molar-refractivity contribution >= 4 is 44.9 Å². The van der Waals surface area contributed by atoms with E-state index < -0.39 is 0 Å². The second kappa shape index (κ2) is 10.7. The largest absolute Gasteiger partial charge is 0.456 e. The van der Waals surface area contributed by atoms with Gasteiger partial charge in [0, 0.05) is 44.7 Å². The molecule has 1 aliphatic rings. The van der Waals surface area contributed by atoms with Crippen LogP contribution in [0.15, 0.2) is 126 Å². The first kappa shape index (κ1) is 28.1. The van der Waals surface area contributed by atoms with Gasteiger partial charge in [-0.3, -0.25) is 9.55 Å². The van der Waals surface area contributed by atoms with Crippen molar-refractivity contribution in [1.29, 1.82) is 0 Å². The first-order chi connectivity index (χ1) is 23.5. The average Bonchev–Trinajstić information content (AvgIpc) is 3.72. The van der Waals surface area contributed by atoms with Gasteiger partial charge >= 0.3 is 0 Å². The molecule has 8 aromatic rings. The lowest BCUT2D eigenvalue weighted by Gasteiger charge is -2.21. The molecule has 1 aliphatic carbocycles. The smallest absolute Gasteiger partial charge is 0.238 e. The highest BCUT2D eigenvalue weighted by Gasteiger charge is 2.36. The van der Waals surface area contributed by atoms with Crippen molar-refractivity contribution in [2.75, 3.05) is 0 Å². The third-order valence-electron chi connectivity index (χ3n) is 9.52. The van der Waals surface area contributed by atoms with Gasteiger partial charge in [0.15, 0.2) is 11.6 Å². The van der Waals surface area contributed by atoms with Gasteiger partial charge in [0.25, 0.3) is 0 Å². The SMILES string of the molecule is C/C=C\C=c1\oc2ccncc2c1=Cc1nc(-c2ccccc2)nc(-n2c3ccccc3c3cc4c(cc32)C(C)(C)c2ccccc2-4)n1. The molecule has 0 amide bonds. The van der Waals surface area contributed by atoms with E-state index in [1.165, 1.54) is 27.6 Å². The van der Waals surface area contributed by atoms with Crippen LogP contribution in [0.3, 0.4) is 0 Å². The number of hydrogen-bond acceptors (Lipinski definition) is 5. The molecule has 0 saturated heterocycles. The Kier molecular flexibility index (Phi) is 6.27. The maximum atomic E-state index is 6.24. The van der Waals surface area contributed by atoms with E-state index in [4.69, 9.17) is 19.4 Å². The van der Waals surface area contributed by atoms with E-state index in [1.807, 2.05) is 73.8 Å². The zero-order chi connectivity index (χ0) is 32.4. The Morgan fingerprint density at radius 2 is 1.54 bits per heavy atom. The highest BCUT2D eigenvalue weighted by molar-refractivity contribution is 6.11. The lowest BCUT2D eigenvalue weighted by molar-refractivity contribution is 0.575. The fourth-order valence-corrected chi connectivity index (χ4v) is 7.20. The highest BCUT2D eigenvalue weighted by atomic mass is 16.3. The predicted molar refractivity (Wildman–Crippen MR) is 193 cm³/mol. The number of aromatic nitrogens is 5. The Morgan fingerprint density at radius 1 is 0.729 bits per heavy atom. The normalized spacial score (nSPS) is 14.5. The molecule has 0 atom stereocenters. The number of hydrogen-bond donors (Lipinski definition) is 0. The van der Waals surface area contributed by atoms with Crippen LogP contribution in [-0.2, 0) is 5.41 Å². The number of furan rings is 1. The summed E-state index contributed by atoms with van der Waals surface area (Å²) in [4.78, 5) is 19.7. The molecule has 0 unspecified atom stereocenters. The first-order valence-electron chi connectivity index (χ1n) is 16.2. The van der Waals surface area contributed by atoms with Gasteiger partial charge in [-0.15, -0.1) is 0 Å². The summed E-state index contributed by atoms with van der Waals surface area (Å²) in [6.07, 6.45) is 11.4. The Labute approximate surface area is 277 Å². The van der Waals surface area contributed by atoms with E-state index in [-0.39, 0.29) is 5.41 Å². The molecule has 0 N–H and O–H groups in total. The van der Waals surface area contributed by atoms with E-state index in [1.54, 1.807) is 6.20 Å². The van der Waals surface area contributed by atoms with E-state index in [0.717, 1.165) is 38.2 Å². The fraction of sp³-hybridized carbons (Fsp3) is 0.0952.